The number of nitrogens with two attached hydrogens (primary N) is 1. The summed E-state index contributed by atoms with van der Waals surface area (Å²) in [5, 5.41) is 21.8. The molecule has 0 spiro atoms. The van der Waals surface area contributed by atoms with Gasteiger partial charge in [-0.1, -0.05) is 12.5 Å². The number of halogens is 1. The quantitative estimate of drug-likeness (QED) is 0.555. The molecule has 1 saturated carbocycles. The fourth-order valence-electron chi connectivity index (χ4n) is 3.81. The molecule has 1 aromatic carbocycles. The maximum atomic E-state index is 14.3. The van der Waals surface area contributed by atoms with E-state index in [0.29, 0.717) is 34.9 Å². The van der Waals surface area contributed by atoms with Gasteiger partial charge in [0.2, 0.25) is 5.91 Å². The number of amides is 1. The molecule has 0 saturated heterocycles. The minimum absolute atomic E-state index is 0.0391. The van der Waals surface area contributed by atoms with Crippen molar-refractivity contribution in [1.29, 1.82) is 0 Å². The lowest BCUT2D eigenvalue weighted by atomic mass is 9.66. The normalized spacial score (nSPS) is 14.7. The smallest absolute Gasteiger partial charge is 0.221 e. The number of anilines is 1. The molecule has 0 atom stereocenters. The number of carbonyl (C=O) groups is 1. The van der Waals surface area contributed by atoms with Crippen LogP contribution >= 0.6 is 0 Å². The van der Waals surface area contributed by atoms with Crippen molar-refractivity contribution in [3.63, 3.8) is 0 Å². The Hall–Kier alpha value is -3.55. The van der Waals surface area contributed by atoms with Gasteiger partial charge in [-0.3, -0.25) is 9.78 Å². The Morgan fingerprint density at radius 2 is 2.03 bits per heavy atom. The van der Waals surface area contributed by atoms with E-state index >= 15 is 0 Å². The van der Waals surface area contributed by atoms with Crippen molar-refractivity contribution in [3.05, 3.63) is 65.7 Å². The van der Waals surface area contributed by atoms with E-state index in [1.807, 2.05) is 0 Å². The molecule has 154 valence electrons. The lowest BCUT2D eigenvalue weighted by molar-refractivity contribution is -0.117. The molecule has 0 radical (unpaired) electrons. The van der Waals surface area contributed by atoms with Gasteiger partial charge in [0.05, 0.1) is 17.8 Å². The molecule has 0 aliphatic heterocycles. The van der Waals surface area contributed by atoms with Gasteiger partial charge in [0.15, 0.2) is 0 Å². The molecular formula is C22H22FN5O2. The van der Waals surface area contributed by atoms with E-state index in [2.05, 4.69) is 20.5 Å². The number of rotatable bonds is 7. The van der Waals surface area contributed by atoms with Crippen molar-refractivity contribution < 1.29 is 14.3 Å². The van der Waals surface area contributed by atoms with Crippen LogP contribution in [0.15, 0.2) is 48.7 Å². The SMILES string of the molecule is NC(=O)Cc1ccc(O)c(-c2ccc(NCC3(c4ncccc4F)CCC3)nn2)c1. The number of pyridine rings is 1. The van der Waals surface area contributed by atoms with Crippen LogP contribution in [0.25, 0.3) is 11.3 Å². The van der Waals surface area contributed by atoms with Crippen molar-refractivity contribution in [3.8, 4) is 17.0 Å². The molecular weight excluding hydrogens is 385 g/mol. The Bertz CT molecular complexity index is 1070. The Morgan fingerprint density at radius 3 is 2.67 bits per heavy atom. The molecule has 1 fully saturated rings. The second kappa shape index (κ2) is 8.06. The number of nitrogens with zero attached hydrogens (tertiary/aromatic N) is 3. The summed E-state index contributed by atoms with van der Waals surface area (Å²) in [7, 11) is 0. The largest absolute Gasteiger partial charge is 0.507 e. The van der Waals surface area contributed by atoms with Gasteiger partial charge in [0.25, 0.3) is 0 Å². The van der Waals surface area contributed by atoms with Crippen LogP contribution in [0, 0.1) is 5.82 Å². The number of aromatic nitrogens is 3. The third-order valence-electron chi connectivity index (χ3n) is 5.56. The molecule has 1 amide bonds. The molecule has 30 heavy (non-hydrogen) atoms. The molecule has 2 heterocycles. The first-order valence-corrected chi connectivity index (χ1v) is 9.76. The maximum absolute atomic E-state index is 14.3. The number of benzene rings is 1. The Morgan fingerprint density at radius 1 is 1.20 bits per heavy atom. The first-order chi connectivity index (χ1) is 14.5. The lowest BCUT2D eigenvalue weighted by Crippen LogP contribution is -2.42. The van der Waals surface area contributed by atoms with E-state index < -0.39 is 5.91 Å². The molecule has 4 N–H and O–H groups in total. The van der Waals surface area contributed by atoms with Crippen molar-refractivity contribution in [2.24, 2.45) is 5.73 Å². The predicted octanol–water partition coefficient (Wildman–Crippen LogP) is 2.94. The standard InChI is InChI=1S/C22H22FN5O2/c23-16-3-1-10-25-21(16)22(8-2-9-22)13-26-20-7-5-17(27-28-20)15-11-14(12-19(24)30)4-6-18(15)29/h1,3-7,10-11,29H,2,8-9,12-13H2,(H2,24,30)(H,26,28). The van der Waals surface area contributed by atoms with Gasteiger partial charge in [-0.2, -0.15) is 0 Å². The Labute approximate surface area is 173 Å². The third-order valence-corrected chi connectivity index (χ3v) is 5.56. The highest BCUT2D eigenvalue weighted by molar-refractivity contribution is 5.78. The summed E-state index contributed by atoms with van der Waals surface area (Å²) < 4.78 is 14.3. The first kappa shape index (κ1) is 19.8. The van der Waals surface area contributed by atoms with E-state index in [0.717, 1.165) is 19.3 Å². The van der Waals surface area contributed by atoms with Crippen molar-refractivity contribution >= 4 is 11.7 Å². The third kappa shape index (κ3) is 3.94. The van der Waals surface area contributed by atoms with Gasteiger partial charge >= 0.3 is 0 Å². The van der Waals surface area contributed by atoms with E-state index in [1.54, 1.807) is 36.5 Å². The Balaban J connectivity index is 1.49. The molecule has 1 aliphatic rings. The lowest BCUT2D eigenvalue weighted by Gasteiger charge is -2.41. The number of hydrogen-bond acceptors (Lipinski definition) is 6. The van der Waals surface area contributed by atoms with Gasteiger partial charge in [-0.15, -0.1) is 10.2 Å². The van der Waals surface area contributed by atoms with Crippen molar-refractivity contribution in [2.75, 3.05) is 11.9 Å². The summed E-state index contributed by atoms with van der Waals surface area (Å²) in [6, 6.07) is 11.3. The van der Waals surface area contributed by atoms with Crippen LogP contribution in [-0.4, -0.2) is 32.7 Å². The van der Waals surface area contributed by atoms with Crippen LogP contribution in [0.3, 0.4) is 0 Å². The van der Waals surface area contributed by atoms with Crippen LogP contribution in [-0.2, 0) is 16.6 Å². The van der Waals surface area contributed by atoms with Crippen molar-refractivity contribution in [2.45, 2.75) is 31.1 Å². The van der Waals surface area contributed by atoms with Crippen LogP contribution in [0.2, 0.25) is 0 Å². The molecule has 2 aromatic heterocycles. The summed E-state index contributed by atoms with van der Waals surface area (Å²) in [6.45, 7) is 0.508. The number of phenols is 1. The molecule has 8 heteroatoms. The topological polar surface area (TPSA) is 114 Å². The number of carbonyl (C=O) groups excluding carboxylic acids is 1. The fourth-order valence-corrected chi connectivity index (χ4v) is 3.81. The highest BCUT2D eigenvalue weighted by Crippen LogP contribution is 2.43. The average Bonchev–Trinajstić information content (AvgIpc) is 2.70. The highest BCUT2D eigenvalue weighted by atomic mass is 19.1. The summed E-state index contributed by atoms with van der Waals surface area (Å²) >= 11 is 0. The van der Waals surface area contributed by atoms with Gasteiger partial charge in [-0.05, 0) is 54.8 Å². The number of nitrogens with one attached hydrogen (secondary N) is 1. The first-order valence-electron chi connectivity index (χ1n) is 9.76. The Kier molecular flexibility index (Phi) is 5.31. The van der Waals surface area contributed by atoms with Crippen LogP contribution in [0.4, 0.5) is 10.2 Å². The summed E-state index contributed by atoms with van der Waals surface area (Å²) in [5.41, 5.74) is 7.02. The van der Waals surface area contributed by atoms with Gasteiger partial charge in [-0.25, -0.2) is 4.39 Å². The second-order valence-electron chi connectivity index (χ2n) is 7.62. The minimum atomic E-state index is -0.452. The molecule has 7 nitrogen and oxygen atoms in total. The van der Waals surface area contributed by atoms with Gasteiger partial charge in [0.1, 0.15) is 17.4 Å². The molecule has 0 bridgehead atoms. The maximum Gasteiger partial charge on any atom is 0.221 e. The fraction of sp³-hybridized carbons (Fsp3) is 0.273. The van der Waals surface area contributed by atoms with E-state index in [9.17, 15) is 14.3 Å². The van der Waals surface area contributed by atoms with Crippen LogP contribution in [0.1, 0.15) is 30.5 Å². The second-order valence-corrected chi connectivity index (χ2v) is 7.62. The number of primary amides is 1. The van der Waals surface area contributed by atoms with Gasteiger partial charge in [0, 0.05) is 23.7 Å². The molecule has 3 aromatic rings. The number of phenolic OH excluding ortho intramolecular Hbond substituents is 1. The van der Waals surface area contributed by atoms with E-state index in [-0.39, 0.29) is 23.4 Å². The monoisotopic (exact) mass is 407 g/mol. The zero-order chi connectivity index (χ0) is 21.1. The zero-order valence-electron chi connectivity index (χ0n) is 16.3. The molecule has 0 unspecified atom stereocenters. The van der Waals surface area contributed by atoms with Crippen LogP contribution < -0.4 is 11.1 Å². The highest BCUT2D eigenvalue weighted by Gasteiger charge is 2.41. The zero-order valence-corrected chi connectivity index (χ0v) is 16.3. The summed E-state index contributed by atoms with van der Waals surface area (Å²) in [4.78, 5) is 15.4. The average molecular weight is 407 g/mol. The van der Waals surface area contributed by atoms with Gasteiger partial charge < -0.3 is 16.2 Å². The van der Waals surface area contributed by atoms with Crippen LogP contribution in [0.5, 0.6) is 5.75 Å². The summed E-state index contributed by atoms with van der Waals surface area (Å²) in [6.07, 6.45) is 4.45. The van der Waals surface area contributed by atoms with Crippen molar-refractivity contribution in [1.82, 2.24) is 15.2 Å². The predicted molar refractivity (Wildman–Crippen MR) is 110 cm³/mol. The minimum Gasteiger partial charge on any atom is -0.507 e. The van der Waals surface area contributed by atoms with E-state index in [1.165, 1.54) is 12.1 Å². The number of aromatic hydroxyl groups is 1. The molecule has 1 aliphatic carbocycles. The van der Waals surface area contributed by atoms with E-state index in [4.69, 9.17) is 5.73 Å². The summed E-state index contributed by atoms with van der Waals surface area (Å²) in [5.74, 6) is -0.148. The number of hydrogen-bond donors (Lipinski definition) is 3. The molecule has 4 rings (SSSR count).